The maximum Gasteiger partial charge on any atom is 0.165 e. The number of nitrogens with one attached hydrogen (secondary N) is 1. The summed E-state index contributed by atoms with van der Waals surface area (Å²) in [4.78, 5) is 6.55. The number of ether oxygens (including phenoxy) is 1. The van der Waals surface area contributed by atoms with Crippen molar-refractivity contribution in [2.45, 2.75) is 25.4 Å². The predicted molar refractivity (Wildman–Crippen MR) is 91.6 cm³/mol. The fourth-order valence-electron chi connectivity index (χ4n) is 3.41. The second-order valence-corrected chi connectivity index (χ2v) is 6.44. The minimum atomic E-state index is -0.303. The van der Waals surface area contributed by atoms with E-state index in [1.807, 2.05) is 32.6 Å². The van der Waals surface area contributed by atoms with Gasteiger partial charge in [-0.15, -0.1) is 0 Å². The Morgan fingerprint density at radius 3 is 2.83 bits per heavy atom. The molecule has 0 aliphatic carbocycles. The van der Waals surface area contributed by atoms with Gasteiger partial charge in [0.15, 0.2) is 11.6 Å². The quantitative estimate of drug-likeness (QED) is 0.880. The molecule has 5 nitrogen and oxygen atoms in total. The van der Waals surface area contributed by atoms with E-state index in [-0.39, 0.29) is 5.82 Å². The topological polar surface area (TPSA) is 42.3 Å². The first-order chi connectivity index (χ1) is 11.6. The second kappa shape index (κ2) is 7.32. The Labute approximate surface area is 142 Å². The monoisotopic (exact) mass is 332 g/mol. The maximum absolute atomic E-state index is 14.0. The number of nitrogens with zero attached hydrogens (tertiary/aromatic N) is 3. The van der Waals surface area contributed by atoms with E-state index in [9.17, 15) is 4.39 Å². The Balaban J connectivity index is 1.67. The zero-order chi connectivity index (χ0) is 17.1. The molecular formula is C18H25FN4O. The highest BCUT2D eigenvalue weighted by molar-refractivity contribution is 5.29. The standard InChI is InChI=1S/C18H25FN4O/c1-4-24-18-6-5-13(7-15(18)19)8-21-16-11-22(2)10-14(16)17-9-20-12-23(17)3/h5-7,9,12,14,16,21H,4,8,10-11H2,1-3H3/t14-,16-/m1/s1. The van der Waals surface area contributed by atoms with Crippen LogP contribution in [-0.4, -0.2) is 47.2 Å². The van der Waals surface area contributed by atoms with Gasteiger partial charge in [-0.2, -0.15) is 0 Å². The van der Waals surface area contributed by atoms with Crippen molar-refractivity contribution in [3.63, 3.8) is 0 Å². The van der Waals surface area contributed by atoms with Crippen LogP contribution in [0.25, 0.3) is 0 Å². The second-order valence-electron chi connectivity index (χ2n) is 6.44. The van der Waals surface area contributed by atoms with Crippen LogP contribution < -0.4 is 10.1 Å². The van der Waals surface area contributed by atoms with Gasteiger partial charge in [-0.3, -0.25) is 0 Å². The number of aryl methyl sites for hydroxylation is 1. The molecule has 1 aliphatic heterocycles. The number of halogens is 1. The van der Waals surface area contributed by atoms with E-state index in [0.717, 1.165) is 18.7 Å². The fourth-order valence-corrected chi connectivity index (χ4v) is 3.41. The van der Waals surface area contributed by atoms with E-state index >= 15 is 0 Å². The zero-order valence-corrected chi connectivity index (χ0v) is 14.5. The van der Waals surface area contributed by atoms with Gasteiger partial charge in [0.2, 0.25) is 0 Å². The van der Waals surface area contributed by atoms with Crippen LogP contribution in [-0.2, 0) is 13.6 Å². The molecule has 1 saturated heterocycles. The van der Waals surface area contributed by atoms with Gasteiger partial charge in [0.1, 0.15) is 0 Å². The molecule has 3 rings (SSSR count). The molecule has 0 bridgehead atoms. The van der Waals surface area contributed by atoms with Gasteiger partial charge in [-0.25, -0.2) is 9.37 Å². The summed E-state index contributed by atoms with van der Waals surface area (Å²) in [6.07, 6.45) is 3.78. The molecule has 1 N–H and O–H groups in total. The smallest absolute Gasteiger partial charge is 0.165 e. The van der Waals surface area contributed by atoms with Crippen molar-refractivity contribution >= 4 is 0 Å². The number of hydrogen-bond acceptors (Lipinski definition) is 4. The van der Waals surface area contributed by atoms with Crippen molar-refractivity contribution in [3.8, 4) is 5.75 Å². The molecule has 1 aromatic heterocycles. The lowest BCUT2D eigenvalue weighted by Crippen LogP contribution is -2.35. The third kappa shape index (κ3) is 3.60. The number of likely N-dealkylation sites (N-methyl/N-ethyl adjacent to an activating group) is 1. The van der Waals surface area contributed by atoms with Crippen LogP contribution in [0.5, 0.6) is 5.75 Å². The molecule has 1 aromatic carbocycles. The van der Waals surface area contributed by atoms with Crippen LogP contribution in [0.2, 0.25) is 0 Å². The van der Waals surface area contributed by atoms with Crippen molar-refractivity contribution in [1.29, 1.82) is 0 Å². The molecule has 6 heteroatoms. The van der Waals surface area contributed by atoms with Crippen molar-refractivity contribution in [2.75, 3.05) is 26.7 Å². The lowest BCUT2D eigenvalue weighted by atomic mass is 10.00. The molecule has 1 fully saturated rings. The van der Waals surface area contributed by atoms with Crippen LogP contribution in [0.1, 0.15) is 24.1 Å². The van der Waals surface area contributed by atoms with Gasteiger partial charge in [0.05, 0.1) is 12.9 Å². The fraction of sp³-hybridized carbons (Fsp3) is 0.500. The number of aromatic nitrogens is 2. The first kappa shape index (κ1) is 16.9. The Kier molecular flexibility index (Phi) is 5.16. The molecule has 130 valence electrons. The SMILES string of the molecule is CCOc1ccc(CN[C@@H]2CN(C)C[C@H]2c2cncn2C)cc1F. The average Bonchev–Trinajstić information content (AvgIpc) is 3.13. The van der Waals surface area contributed by atoms with Crippen LogP contribution >= 0.6 is 0 Å². The lowest BCUT2D eigenvalue weighted by Gasteiger charge is -2.20. The summed E-state index contributed by atoms with van der Waals surface area (Å²) >= 11 is 0. The summed E-state index contributed by atoms with van der Waals surface area (Å²) in [5.74, 6) is 0.396. The van der Waals surface area contributed by atoms with Crippen molar-refractivity contribution in [3.05, 3.63) is 47.8 Å². The van der Waals surface area contributed by atoms with Gasteiger partial charge in [0.25, 0.3) is 0 Å². The molecule has 0 radical (unpaired) electrons. The van der Waals surface area contributed by atoms with Crippen molar-refractivity contribution < 1.29 is 9.13 Å². The minimum Gasteiger partial charge on any atom is -0.491 e. The maximum atomic E-state index is 14.0. The number of rotatable bonds is 6. The van der Waals surface area contributed by atoms with Crippen LogP contribution in [0.4, 0.5) is 4.39 Å². The highest BCUT2D eigenvalue weighted by Gasteiger charge is 2.33. The summed E-state index contributed by atoms with van der Waals surface area (Å²) in [7, 11) is 4.15. The van der Waals surface area contributed by atoms with E-state index in [1.54, 1.807) is 12.1 Å². The molecule has 2 atom stereocenters. The molecule has 0 spiro atoms. The third-order valence-electron chi connectivity index (χ3n) is 4.60. The number of imidazole rings is 1. The Bertz CT molecular complexity index is 687. The first-order valence-electron chi connectivity index (χ1n) is 8.37. The summed E-state index contributed by atoms with van der Waals surface area (Å²) < 4.78 is 21.3. The molecular weight excluding hydrogens is 307 g/mol. The number of likely N-dealkylation sites (tertiary alicyclic amines) is 1. The summed E-state index contributed by atoms with van der Waals surface area (Å²) in [5, 5.41) is 3.58. The molecule has 2 heterocycles. The summed E-state index contributed by atoms with van der Waals surface area (Å²) in [6.45, 7) is 4.92. The van der Waals surface area contributed by atoms with E-state index in [4.69, 9.17) is 4.74 Å². The van der Waals surface area contributed by atoms with E-state index in [1.165, 1.54) is 5.69 Å². The minimum absolute atomic E-state index is 0.303. The average molecular weight is 332 g/mol. The van der Waals surface area contributed by atoms with Gasteiger partial charge < -0.3 is 19.5 Å². The first-order valence-corrected chi connectivity index (χ1v) is 8.37. The van der Waals surface area contributed by atoms with E-state index in [2.05, 4.69) is 26.8 Å². The van der Waals surface area contributed by atoms with Crippen LogP contribution in [0.3, 0.4) is 0 Å². The van der Waals surface area contributed by atoms with Crippen LogP contribution in [0, 0.1) is 5.82 Å². The lowest BCUT2D eigenvalue weighted by molar-refractivity contribution is 0.321. The van der Waals surface area contributed by atoms with Crippen molar-refractivity contribution in [1.82, 2.24) is 19.8 Å². The van der Waals surface area contributed by atoms with Gasteiger partial charge >= 0.3 is 0 Å². The Morgan fingerprint density at radius 2 is 2.17 bits per heavy atom. The normalized spacial score (nSPS) is 21.3. The number of benzene rings is 1. The predicted octanol–water partition coefficient (Wildman–Crippen LogP) is 2.15. The van der Waals surface area contributed by atoms with Crippen molar-refractivity contribution in [2.24, 2.45) is 7.05 Å². The molecule has 24 heavy (non-hydrogen) atoms. The van der Waals surface area contributed by atoms with E-state index < -0.39 is 0 Å². The highest BCUT2D eigenvalue weighted by Crippen LogP contribution is 2.27. The van der Waals surface area contributed by atoms with Gasteiger partial charge in [-0.05, 0) is 31.7 Å². The Hall–Kier alpha value is -1.92. The molecule has 1 aliphatic rings. The third-order valence-corrected chi connectivity index (χ3v) is 4.60. The summed E-state index contributed by atoms with van der Waals surface area (Å²) in [6, 6.07) is 5.49. The molecule has 2 aromatic rings. The highest BCUT2D eigenvalue weighted by atomic mass is 19.1. The Morgan fingerprint density at radius 1 is 1.33 bits per heavy atom. The summed E-state index contributed by atoms with van der Waals surface area (Å²) in [5.41, 5.74) is 2.16. The largest absolute Gasteiger partial charge is 0.491 e. The molecule has 0 amide bonds. The molecule has 0 unspecified atom stereocenters. The number of hydrogen-bond donors (Lipinski definition) is 1. The van der Waals surface area contributed by atoms with Gasteiger partial charge in [0, 0.05) is 50.5 Å². The molecule has 0 saturated carbocycles. The van der Waals surface area contributed by atoms with Gasteiger partial charge in [-0.1, -0.05) is 6.07 Å². The zero-order valence-electron chi connectivity index (χ0n) is 14.5. The van der Waals surface area contributed by atoms with E-state index in [0.29, 0.717) is 30.9 Å². The van der Waals surface area contributed by atoms with Crippen LogP contribution in [0.15, 0.2) is 30.7 Å².